The number of fused-ring (bicyclic) bond motifs is 2. The average molecular weight is 1110 g/mol. The van der Waals surface area contributed by atoms with Gasteiger partial charge in [0.1, 0.15) is 23.3 Å². The van der Waals surface area contributed by atoms with Crippen LogP contribution in [-0.4, -0.2) is 113 Å². The summed E-state index contributed by atoms with van der Waals surface area (Å²) in [4.78, 5) is 34.0. The van der Waals surface area contributed by atoms with Gasteiger partial charge in [0.15, 0.2) is 25.5 Å². The summed E-state index contributed by atoms with van der Waals surface area (Å²) in [5.74, 6) is -3.55. The molecule has 2 aliphatic rings. The maximum Gasteiger partial charge on any atom is 0.176 e. The molecule has 0 saturated carbocycles. The maximum atomic E-state index is 15.2. The first-order chi connectivity index (χ1) is 37.0. The molecule has 78 heavy (non-hydrogen) atoms. The Morgan fingerprint density at radius 2 is 1.04 bits per heavy atom. The summed E-state index contributed by atoms with van der Waals surface area (Å²) in [5.41, 5.74) is 5.78. The number of aromatic nitrogens is 4. The second-order valence-corrected chi connectivity index (χ2v) is 23.0. The first kappa shape index (κ1) is 55.1. The van der Waals surface area contributed by atoms with E-state index in [1.807, 2.05) is 12.1 Å². The number of nitrogens with zero attached hydrogens (tertiary/aromatic N) is 6. The number of sulfone groups is 2. The molecule has 1 atom stereocenters. The third-order valence-corrected chi connectivity index (χ3v) is 15.7. The van der Waals surface area contributed by atoms with Crippen molar-refractivity contribution in [3.05, 3.63) is 143 Å². The molecule has 3 N–H and O–H groups in total. The van der Waals surface area contributed by atoms with Crippen molar-refractivity contribution in [3.63, 3.8) is 0 Å². The first-order valence-corrected chi connectivity index (χ1v) is 28.4. The fraction of sp³-hybridized carbons (Fsp3) is 0.268. The number of rotatable bonds is 12. The molecule has 6 heterocycles. The number of anilines is 6. The molecule has 4 aromatic carbocycles. The van der Waals surface area contributed by atoms with Gasteiger partial charge in [-0.15, -0.1) is 0 Å². The van der Waals surface area contributed by atoms with Crippen LogP contribution in [0.25, 0.3) is 44.3 Å². The molecule has 0 radical (unpaired) electrons. The minimum atomic E-state index is -3.75. The number of aliphatic hydroxyl groups is 1. The number of carbonyl (C=O) groups excluding carboxylic acids is 1. The summed E-state index contributed by atoms with van der Waals surface area (Å²) >= 11 is 0. The van der Waals surface area contributed by atoms with Gasteiger partial charge in [-0.1, -0.05) is 12.1 Å². The Labute approximate surface area is 448 Å². The Morgan fingerprint density at radius 1 is 0.615 bits per heavy atom. The SMILES string of the molecule is CC(=O)c1ccc(S(C)(=O)=O)c(-c2nc3cc(F)cc(F)c3c(Nc3cncc(N4CCOCC4)c3)c2C)c1.Cc1c(-c2cc(C(C)O)ccc2S(C)(=O)=O)nc2cc(F)cc(F)c2c1Nc1cncc(N2CCOCC2)c1. The van der Waals surface area contributed by atoms with Gasteiger partial charge in [0.25, 0.3) is 0 Å². The monoisotopic (exact) mass is 1110 g/mol. The lowest BCUT2D eigenvalue weighted by atomic mass is 9.98. The number of nitrogens with one attached hydrogen (secondary N) is 2. The van der Waals surface area contributed by atoms with E-state index in [0.717, 1.165) is 48.2 Å². The maximum absolute atomic E-state index is 15.2. The van der Waals surface area contributed by atoms with E-state index in [1.54, 1.807) is 51.6 Å². The van der Waals surface area contributed by atoms with Gasteiger partial charge >= 0.3 is 0 Å². The van der Waals surface area contributed by atoms with Gasteiger partial charge in [0.2, 0.25) is 0 Å². The zero-order valence-electron chi connectivity index (χ0n) is 43.3. The van der Waals surface area contributed by atoms with Crippen LogP contribution >= 0.6 is 0 Å². The van der Waals surface area contributed by atoms with Gasteiger partial charge in [0, 0.05) is 79.6 Å². The van der Waals surface area contributed by atoms with Gasteiger partial charge in [-0.3, -0.25) is 14.8 Å². The predicted molar refractivity (Wildman–Crippen MR) is 292 cm³/mol. The minimum absolute atomic E-state index is 0.00907. The molecule has 2 saturated heterocycles. The number of pyridine rings is 4. The fourth-order valence-corrected chi connectivity index (χ4v) is 11.2. The molecule has 22 heteroatoms. The zero-order chi connectivity index (χ0) is 55.8. The third-order valence-electron chi connectivity index (χ3n) is 13.4. The van der Waals surface area contributed by atoms with E-state index in [2.05, 4.69) is 40.4 Å². The van der Waals surface area contributed by atoms with Crippen LogP contribution in [-0.2, 0) is 29.1 Å². The van der Waals surface area contributed by atoms with E-state index in [9.17, 15) is 35.5 Å². The predicted octanol–water partition coefficient (Wildman–Crippen LogP) is 9.99. The summed E-state index contributed by atoms with van der Waals surface area (Å²) in [5, 5.41) is 16.7. The Balaban J connectivity index is 0.000000190. The number of hydrogen-bond donors (Lipinski definition) is 3. The van der Waals surface area contributed by atoms with Crippen LogP contribution in [0.1, 0.15) is 47.0 Å². The summed E-state index contributed by atoms with van der Waals surface area (Å²) < 4.78 is 121. The molecule has 2 fully saturated rings. The second-order valence-electron chi connectivity index (χ2n) is 19.0. The summed E-state index contributed by atoms with van der Waals surface area (Å²) in [6.45, 7) is 11.5. The lowest BCUT2D eigenvalue weighted by molar-refractivity contribution is 0.101. The molecule has 0 aliphatic carbocycles. The largest absolute Gasteiger partial charge is 0.389 e. The smallest absolute Gasteiger partial charge is 0.176 e. The summed E-state index contributed by atoms with van der Waals surface area (Å²) in [6, 6.07) is 16.2. The number of hydrogen-bond acceptors (Lipinski definition) is 16. The topological polar surface area (TPSA) is 206 Å². The lowest BCUT2D eigenvalue weighted by Crippen LogP contribution is -2.36. The van der Waals surface area contributed by atoms with Crippen molar-refractivity contribution in [2.75, 3.05) is 85.6 Å². The van der Waals surface area contributed by atoms with E-state index < -0.39 is 49.0 Å². The number of halogens is 4. The average Bonchev–Trinajstić information content (AvgIpc) is 3.56. The Morgan fingerprint density at radius 3 is 1.45 bits per heavy atom. The molecule has 0 spiro atoms. The van der Waals surface area contributed by atoms with Crippen LogP contribution in [0.5, 0.6) is 0 Å². The van der Waals surface area contributed by atoms with Crippen molar-refractivity contribution < 1.29 is 53.8 Å². The Hall–Kier alpha value is -7.63. The van der Waals surface area contributed by atoms with Crippen LogP contribution in [0.3, 0.4) is 0 Å². The molecule has 10 rings (SSSR count). The molecule has 0 amide bonds. The highest BCUT2D eigenvalue weighted by atomic mass is 32.2. The number of ketones is 1. The normalized spacial score (nSPS) is 14.5. The van der Waals surface area contributed by atoms with E-state index in [-0.39, 0.29) is 71.1 Å². The molecule has 8 aromatic rings. The molecule has 4 aromatic heterocycles. The van der Waals surface area contributed by atoms with E-state index in [1.165, 1.54) is 37.3 Å². The number of ether oxygens (including phenoxy) is 2. The van der Waals surface area contributed by atoms with Crippen molar-refractivity contribution in [1.29, 1.82) is 0 Å². The van der Waals surface area contributed by atoms with Crippen LogP contribution < -0.4 is 20.4 Å². The quantitative estimate of drug-likeness (QED) is 0.0769. The fourth-order valence-electron chi connectivity index (χ4n) is 9.49. The molecule has 406 valence electrons. The molecular formula is C56H54F4N8O8S2. The number of morpholine rings is 2. The van der Waals surface area contributed by atoms with Crippen LogP contribution in [0, 0.1) is 37.1 Å². The lowest BCUT2D eigenvalue weighted by Gasteiger charge is -2.29. The first-order valence-electron chi connectivity index (χ1n) is 24.6. The highest BCUT2D eigenvalue weighted by molar-refractivity contribution is 7.91. The number of Topliss-reactive ketones (excluding diaryl/α,β-unsaturated/α-hetero) is 1. The van der Waals surface area contributed by atoms with Crippen LogP contribution in [0.15, 0.2) is 107 Å². The van der Waals surface area contributed by atoms with Crippen molar-refractivity contribution in [2.24, 2.45) is 0 Å². The number of aliphatic hydroxyl groups excluding tert-OH is 1. The van der Waals surface area contributed by atoms with Crippen LogP contribution in [0.4, 0.5) is 51.7 Å². The highest BCUT2D eigenvalue weighted by Gasteiger charge is 2.26. The van der Waals surface area contributed by atoms with E-state index in [0.29, 0.717) is 86.4 Å². The summed E-state index contributed by atoms with van der Waals surface area (Å²) in [7, 11) is -7.46. The standard InChI is InChI=1S/C28H28F2N4O4S.C28H26F2N4O4S/c2*1-16-27(22-10-18(17(2)35)4-5-25(22)39(3,36)37)33-24-12-19(29)11-23(30)26(24)28(16)32-20-13-21(15-31-14-20)34-6-8-38-9-7-34/h4-5,10-15,17,35H,6-9H2,1-3H3,(H,32,33);4-5,10-15H,6-9H2,1-3H3,(H,32,33). The highest BCUT2D eigenvalue weighted by Crippen LogP contribution is 2.42. The van der Waals surface area contributed by atoms with Gasteiger partial charge in [-0.05, 0) is 80.8 Å². The van der Waals surface area contributed by atoms with E-state index in [4.69, 9.17) is 9.47 Å². The molecule has 0 bridgehead atoms. The van der Waals surface area contributed by atoms with Crippen molar-refractivity contribution in [1.82, 2.24) is 19.9 Å². The van der Waals surface area contributed by atoms with Gasteiger partial charge in [-0.25, -0.2) is 44.4 Å². The molecule has 1 unspecified atom stereocenters. The Bertz CT molecular complexity index is 3900. The van der Waals surface area contributed by atoms with Crippen LogP contribution in [0.2, 0.25) is 0 Å². The number of benzene rings is 4. The van der Waals surface area contributed by atoms with Gasteiger partial charge in [-0.2, -0.15) is 0 Å². The molecular weight excluding hydrogens is 1050 g/mol. The van der Waals surface area contributed by atoms with Crippen molar-refractivity contribution in [2.45, 2.75) is 43.6 Å². The van der Waals surface area contributed by atoms with Crippen molar-refractivity contribution >= 4 is 81.4 Å². The number of carbonyl (C=O) groups is 1. The molecule has 2 aliphatic heterocycles. The van der Waals surface area contributed by atoms with E-state index >= 15 is 8.78 Å². The Kier molecular flexibility index (Phi) is 15.8. The third kappa shape index (κ3) is 11.8. The zero-order valence-corrected chi connectivity index (χ0v) is 44.9. The molecule has 16 nitrogen and oxygen atoms in total. The summed E-state index contributed by atoms with van der Waals surface area (Å²) in [6.07, 6.45) is 7.88. The second kappa shape index (κ2) is 22.4. The van der Waals surface area contributed by atoms with Crippen molar-refractivity contribution in [3.8, 4) is 22.5 Å². The minimum Gasteiger partial charge on any atom is -0.389 e. The van der Waals surface area contributed by atoms with Gasteiger partial charge in [0.05, 0.1) is 134 Å². The van der Waals surface area contributed by atoms with Gasteiger partial charge < -0.3 is 35.0 Å².